The van der Waals surface area contributed by atoms with Gasteiger partial charge in [-0.3, -0.25) is 4.79 Å². The van der Waals surface area contributed by atoms with Gasteiger partial charge >= 0.3 is 0 Å². The Balaban J connectivity index is 2.63. The third-order valence-corrected chi connectivity index (χ3v) is 2.10. The van der Waals surface area contributed by atoms with E-state index in [9.17, 15) is 4.79 Å². The average molecular weight is 223 g/mol. The van der Waals surface area contributed by atoms with Crippen molar-refractivity contribution in [2.24, 2.45) is 11.7 Å². The number of rotatable bonds is 6. The van der Waals surface area contributed by atoms with E-state index in [1.54, 1.807) is 0 Å². The van der Waals surface area contributed by atoms with E-state index in [-0.39, 0.29) is 5.69 Å². The Morgan fingerprint density at radius 1 is 1.44 bits per heavy atom. The van der Waals surface area contributed by atoms with Gasteiger partial charge in [-0.2, -0.15) is 0 Å². The van der Waals surface area contributed by atoms with Crippen LogP contribution in [-0.4, -0.2) is 36.0 Å². The van der Waals surface area contributed by atoms with Crippen molar-refractivity contribution in [3.8, 4) is 0 Å². The number of nitrogens with two attached hydrogens (primary N) is 1. The Hall–Kier alpha value is -1.69. The van der Waals surface area contributed by atoms with Gasteiger partial charge in [0.15, 0.2) is 11.5 Å². The highest BCUT2D eigenvalue weighted by atomic mass is 16.1. The molecule has 0 aliphatic heterocycles. The molecule has 16 heavy (non-hydrogen) atoms. The highest BCUT2D eigenvalue weighted by molar-refractivity contribution is 5.95. The summed E-state index contributed by atoms with van der Waals surface area (Å²) >= 11 is 0. The summed E-state index contributed by atoms with van der Waals surface area (Å²) in [5.41, 5.74) is 5.37. The maximum absolute atomic E-state index is 11.1. The van der Waals surface area contributed by atoms with Gasteiger partial charge in [0.05, 0.1) is 0 Å². The third kappa shape index (κ3) is 3.47. The molecule has 1 unspecified atom stereocenters. The Labute approximate surface area is 94.7 Å². The van der Waals surface area contributed by atoms with Gasteiger partial charge in [-0.05, 0) is 19.5 Å². The summed E-state index contributed by atoms with van der Waals surface area (Å²) < 4.78 is 0. The van der Waals surface area contributed by atoms with E-state index in [2.05, 4.69) is 27.5 Å². The lowest BCUT2D eigenvalue weighted by molar-refractivity contribution is 0.0996. The van der Waals surface area contributed by atoms with Crippen molar-refractivity contribution < 1.29 is 4.79 Å². The number of carbonyl (C=O) groups excluding carboxylic acids is 1. The summed E-state index contributed by atoms with van der Waals surface area (Å²) in [5.74, 6) is 0.294. The van der Waals surface area contributed by atoms with Crippen LogP contribution in [0.1, 0.15) is 17.4 Å². The van der Waals surface area contributed by atoms with Gasteiger partial charge in [-0.15, -0.1) is 0 Å². The molecule has 6 nitrogen and oxygen atoms in total. The molecule has 0 radical (unpaired) electrons. The lowest BCUT2D eigenvalue weighted by Gasteiger charge is -2.13. The monoisotopic (exact) mass is 223 g/mol. The molecule has 0 spiro atoms. The molecule has 1 amide bonds. The number of hydrogen-bond acceptors (Lipinski definition) is 5. The molecule has 1 rings (SSSR count). The minimum Gasteiger partial charge on any atom is -0.368 e. The number of aromatic nitrogens is 2. The average Bonchev–Trinajstić information content (AvgIpc) is 2.27. The van der Waals surface area contributed by atoms with Crippen LogP contribution in [0.25, 0.3) is 0 Å². The first-order chi connectivity index (χ1) is 7.65. The molecule has 0 fully saturated rings. The molecule has 0 aliphatic carbocycles. The summed E-state index contributed by atoms with van der Waals surface area (Å²) in [6, 6.07) is 0. The highest BCUT2D eigenvalue weighted by Crippen LogP contribution is 2.07. The minimum atomic E-state index is -0.572. The van der Waals surface area contributed by atoms with Crippen LogP contribution in [0, 0.1) is 5.92 Å². The molecule has 88 valence electrons. The van der Waals surface area contributed by atoms with Gasteiger partial charge in [-0.1, -0.05) is 6.92 Å². The van der Waals surface area contributed by atoms with Crippen molar-refractivity contribution in [2.45, 2.75) is 6.92 Å². The lowest BCUT2D eigenvalue weighted by atomic mass is 10.2. The van der Waals surface area contributed by atoms with Crippen molar-refractivity contribution in [1.29, 1.82) is 0 Å². The fourth-order valence-electron chi connectivity index (χ4n) is 1.34. The van der Waals surface area contributed by atoms with Crippen LogP contribution in [-0.2, 0) is 0 Å². The molecule has 6 heteroatoms. The predicted molar refractivity (Wildman–Crippen MR) is 62.1 cm³/mol. The maximum Gasteiger partial charge on any atom is 0.271 e. The number of anilines is 1. The standard InChI is InChI=1S/C10H17N5O/c1-7(5-12-2)6-15-10-8(9(11)16)13-3-4-14-10/h3-4,7,12H,5-6H2,1-2H3,(H2,11,16)(H,14,15). The highest BCUT2D eigenvalue weighted by Gasteiger charge is 2.10. The molecular weight excluding hydrogens is 206 g/mol. The first kappa shape index (κ1) is 12.4. The number of nitrogens with one attached hydrogen (secondary N) is 2. The van der Waals surface area contributed by atoms with E-state index in [0.717, 1.165) is 6.54 Å². The normalized spacial score (nSPS) is 12.1. The Morgan fingerprint density at radius 3 is 2.75 bits per heavy atom. The topological polar surface area (TPSA) is 92.9 Å². The van der Waals surface area contributed by atoms with Crippen LogP contribution in [0.3, 0.4) is 0 Å². The Bertz CT molecular complexity index is 355. The summed E-state index contributed by atoms with van der Waals surface area (Å²) in [6.07, 6.45) is 2.97. The molecule has 1 aromatic heterocycles. The van der Waals surface area contributed by atoms with Crippen molar-refractivity contribution in [3.05, 3.63) is 18.1 Å². The van der Waals surface area contributed by atoms with Gasteiger partial charge in [0.2, 0.25) is 0 Å². The van der Waals surface area contributed by atoms with E-state index in [1.165, 1.54) is 12.4 Å². The molecule has 0 aromatic carbocycles. The van der Waals surface area contributed by atoms with Crippen molar-refractivity contribution in [3.63, 3.8) is 0 Å². The molecular formula is C10H17N5O. The fraction of sp³-hybridized carbons (Fsp3) is 0.500. The smallest absolute Gasteiger partial charge is 0.271 e. The quantitative estimate of drug-likeness (QED) is 0.623. The zero-order valence-corrected chi connectivity index (χ0v) is 9.53. The second kappa shape index (κ2) is 6.02. The number of nitrogens with zero attached hydrogens (tertiary/aromatic N) is 2. The van der Waals surface area contributed by atoms with E-state index in [4.69, 9.17) is 5.73 Å². The second-order valence-electron chi connectivity index (χ2n) is 3.66. The Morgan fingerprint density at radius 2 is 2.12 bits per heavy atom. The maximum atomic E-state index is 11.1. The first-order valence-electron chi connectivity index (χ1n) is 5.14. The summed E-state index contributed by atoms with van der Waals surface area (Å²) in [7, 11) is 1.90. The molecule has 0 bridgehead atoms. The van der Waals surface area contributed by atoms with E-state index >= 15 is 0 Å². The fourth-order valence-corrected chi connectivity index (χ4v) is 1.34. The van der Waals surface area contributed by atoms with Crippen molar-refractivity contribution in [2.75, 3.05) is 25.5 Å². The molecule has 0 saturated carbocycles. The van der Waals surface area contributed by atoms with Crippen LogP contribution in [0.5, 0.6) is 0 Å². The molecule has 4 N–H and O–H groups in total. The van der Waals surface area contributed by atoms with Gasteiger partial charge < -0.3 is 16.4 Å². The number of amides is 1. The predicted octanol–water partition coefficient (Wildman–Crippen LogP) is -0.157. The molecule has 1 atom stereocenters. The van der Waals surface area contributed by atoms with Crippen LogP contribution in [0.15, 0.2) is 12.4 Å². The van der Waals surface area contributed by atoms with Gasteiger partial charge in [0, 0.05) is 18.9 Å². The third-order valence-electron chi connectivity index (χ3n) is 2.10. The molecule has 0 aliphatic rings. The first-order valence-corrected chi connectivity index (χ1v) is 5.14. The molecule has 1 aromatic rings. The van der Waals surface area contributed by atoms with Crippen molar-refractivity contribution >= 4 is 11.7 Å². The zero-order valence-electron chi connectivity index (χ0n) is 9.53. The van der Waals surface area contributed by atoms with Crippen LogP contribution in [0.2, 0.25) is 0 Å². The molecule has 0 saturated heterocycles. The van der Waals surface area contributed by atoms with Gasteiger partial charge in [0.1, 0.15) is 0 Å². The summed E-state index contributed by atoms with van der Waals surface area (Å²) in [6.45, 7) is 3.68. The van der Waals surface area contributed by atoms with Crippen molar-refractivity contribution in [1.82, 2.24) is 15.3 Å². The van der Waals surface area contributed by atoms with E-state index in [1.807, 2.05) is 7.05 Å². The number of carbonyl (C=O) groups is 1. The second-order valence-corrected chi connectivity index (χ2v) is 3.66. The van der Waals surface area contributed by atoms with Gasteiger partial charge in [-0.25, -0.2) is 9.97 Å². The lowest BCUT2D eigenvalue weighted by Crippen LogP contribution is -2.25. The zero-order chi connectivity index (χ0) is 12.0. The Kier molecular flexibility index (Phi) is 4.65. The minimum absolute atomic E-state index is 0.180. The van der Waals surface area contributed by atoms with E-state index < -0.39 is 5.91 Å². The van der Waals surface area contributed by atoms with Gasteiger partial charge in [0.25, 0.3) is 5.91 Å². The SMILES string of the molecule is CNCC(C)CNc1nccnc1C(N)=O. The van der Waals surface area contributed by atoms with Crippen LogP contribution in [0.4, 0.5) is 5.82 Å². The number of primary amides is 1. The molecule has 1 heterocycles. The van der Waals surface area contributed by atoms with E-state index in [0.29, 0.717) is 18.3 Å². The summed E-state index contributed by atoms with van der Waals surface area (Å²) in [5, 5.41) is 6.14. The summed E-state index contributed by atoms with van der Waals surface area (Å²) in [4.78, 5) is 19.0. The van der Waals surface area contributed by atoms with Crippen LogP contribution >= 0.6 is 0 Å². The van der Waals surface area contributed by atoms with Crippen LogP contribution < -0.4 is 16.4 Å². The largest absolute Gasteiger partial charge is 0.368 e. The number of hydrogen-bond donors (Lipinski definition) is 3.